The van der Waals surface area contributed by atoms with Crippen LogP contribution in [0.5, 0.6) is 0 Å². The Morgan fingerprint density at radius 2 is 1.92 bits per heavy atom. The largest absolute Gasteiger partial charge is 0.198 e. The SMILES string of the molecule is N#CC1(CCCI)CCCCC1. The monoisotopic (exact) mass is 277 g/mol. The lowest BCUT2D eigenvalue weighted by molar-refractivity contribution is 0.248. The predicted octanol–water partition coefficient (Wildman–Crippen LogP) is 3.68. The molecule has 0 N–H and O–H groups in total. The normalized spacial score (nSPS) is 21.7. The predicted molar refractivity (Wildman–Crippen MR) is 59.3 cm³/mol. The summed E-state index contributed by atoms with van der Waals surface area (Å²) in [6, 6.07) is 2.55. The first kappa shape index (κ1) is 10.3. The van der Waals surface area contributed by atoms with E-state index >= 15 is 0 Å². The van der Waals surface area contributed by atoms with Crippen molar-refractivity contribution < 1.29 is 0 Å². The fourth-order valence-electron chi connectivity index (χ4n) is 2.05. The van der Waals surface area contributed by atoms with Crippen LogP contribution >= 0.6 is 22.6 Å². The summed E-state index contributed by atoms with van der Waals surface area (Å²) >= 11 is 2.40. The van der Waals surface area contributed by atoms with Gasteiger partial charge in [-0.15, -0.1) is 0 Å². The second-order valence-electron chi connectivity index (χ2n) is 3.75. The Bertz CT molecular complexity index is 165. The third-order valence-electron chi connectivity index (χ3n) is 2.84. The van der Waals surface area contributed by atoms with Crippen molar-refractivity contribution in [3.05, 3.63) is 0 Å². The maximum absolute atomic E-state index is 9.12. The Hall–Kier alpha value is 0.220. The van der Waals surface area contributed by atoms with Gasteiger partial charge in [-0.25, -0.2) is 0 Å². The van der Waals surface area contributed by atoms with Crippen molar-refractivity contribution in [1.29, 1.82) is 5.26 Å². The van der Waals surface area contributed by atoms with Gasteiger partial charge in [-0.05, 0) is 30.1 Å². The molecule has 0 amide bonds. The molecule has 0 saturated heterocycles. The van der Waals surface area contributed by atoms with Crippen molar-refractivity contribution in [3.63, 3.8) is 0 Å². The van der Waals surface area contributed by atoms with Crippen LogP contribution in [0, 0.1) is 16.7 Å². The molecule has 2 heteroatoms. The second kappa shape index (κ2) is 5.06. The molecule has 0 bridgehead atoms. The number of alkyl halides is 1. The van der Waals surface area contributed by atoms with Gasteiger partial charge in [0.25, 0.3) is 0 Å². The molecule has 0 aromatic carbocycles. The lowest BCUT2D eigenvalue weighted by Gasteiger charge is -2.30. The number of hydrogen-bond donors (Lipinski definition) is 0. The minimum Gasteiger partial charge on any atom is -0.198 e. The maximum atomic E-state index is 9.12. The molecule has 1 saturated carbocycles. The number of rotatable bonds is 3. The van der Waals surface area contributed by atoms with E-state index in [0.717, 1.165) is 19.3 Å². The first-order chi connectivity index (χ1) is 5.83. The molecular weight excluding hydrogens is 261 g/mol. The van der Waals surface area contributed by atoms with Crippen LogP contribution in [0.4, 0.5) is 0 Å². The zero-order valence-corrected chi connectivity index (χ0v) is 9.64. The molecule has 0 unspecified atom stereocenters. The van der Waals surface area contributed by atoms with Crippen molar-refractivity contribution in [2.75, 3.05) is 4.43 Å². The van der Waals surface area contributed by atoms with E-state index in [9.17, 15) is 0 Å². The molecule has 68 valence electrons. The quantitative estimate of drug-likeness (QED) is 0.570. The lowest BCUT2D eigenvalue weighted by Crippen LogP contribution is -2.22. The van der Waals surface area contributed by atoms with Crippen LogP contribution < -0.4 is 0 Å². The summed E-state index contributed by atoms with van der Waals surface area (Å²) in [4.78, 5) is 0. The first-order valence-corrected chi connectivity index (χ1v) is 6.33. The summed E-state index contributed by atoms with van der Waals surface area (Å²) in [7, 11) is 0. The minimum atomic E-state index is 0.0728. The summed E-state index contributed by atoms with van der Waals surface area (Å²) in [6.07, 6.45) is 8.54. The van der Waals surface area contributed by atoms with E-state index in [4.69, 9.17) is 5.26 Å². The van der Waals surface area contributed by atoms with Crippen molar-refractivity contribution >= 4 is 22.6 Å². The molecule has 1 aliphatic rings. The van der Waals surface area contributed by atoms with Crippen molar-refractivity contribution in [3.8, 4) is 6.07 Å². The number of halogens is 1. The molecule has 0 aromatic heterocycles. The summed E-state index contributed by atoms with van der Waals surface area (Å²) in [6.45, 7) is 0. The third-order valence-corrected chi connectivity index (χ3v) is 3.60. The van der Waals surface area contributed by atoms with Crippen LogP contribution in [-0.2, 0) is 0 Å². The molecule has 1 nitrogen and oxygen atoms in total. The Kier molecular flexibility index (Phi) is 4.34. The van der Waals surface area contributed by atoms with E-state index < -0.39 is 0 Å². The molecule has 0 aromatic rings. The Balaban J connectivity index is 2.44. The van der Waals surface area contributed by atoms with Gasteiger partial charge in [0, 0.05) is 0 Å². The van der Waals surface area contributed by atoms with E-state index in [1.807, 2.05) is 0 Å². The van der Waals surface area contributed by atoms with Gasteiger partial charge in [0.2, 0.25) is 0 Å². The van der Waals surface area contributed by atoms with Crippen LogP contribution in [0.15, 0.2) is 0 Å². The smallest absolute Gasteiger partial charge is 0.0689 e. The zero-order chi connectivity index (χ0) is 8.86. The maximum Gasteiger partial charge on any atom is 0.0689 e. The van der Waals surface area contributed by atoms with E-state index in [1.165, 1.54) is 30.1 Å². The fourth-order valence-corrected chi connectivity index (χ4v) is 2.43. The van der Waals surface area contributed by atoms with Gasteiger partial charge in [-0.2, -0.15) is 5.26 Å². The van der Waals surface area contributed by atoms with Gasteiger partial charge in [0.05, 0.1) is 11.5 Å². The Morgan fingerprint density at radius 1 is 1.25 bits per heavy atom. The molecule has 12 heavy (non-hydrogen) atoms. The topological polar surface area (TPSA) is 23.8 Å². The molecular formula is C10H16IN. The summed E-state index contributed by atoms with van der Waals surface area (Å²) in [5.74, 6) is 0. The third kappa shape index (κ3) is 2.62. The summed E-state index contributed by atoms with van der Waals surface area (Å²) < 4.78 is 1.20. The number of nitriles is 1. The fraction of sp³-hybridized carbons (Fsp3) is 0.900. The van der Waals surface area contributed by atoms with Gasteiger partial charge < -0.3 is 0 Å². The lowest BCUT2D eigenvalue weighted by atomic mass is 9.72. The average Bonchev–Trinajstić information content (AvgIpc) is 2.16. The number of nitrogens with zero attached hydrogens (tertiary/aromatic N) is 1. The number of hydrogen-bond acceptors (Lipinski definition) is 1. The summed E-state index contributed by atoms with van der Waals surface area (Å²) in [5, 5.41) is 9.12. The molecule has 0 atom stereocenters. The Morgan fingerprint density at radius 3 is 2.42 bits per heavy atom. The highest BCUT2D eigenvalue weighted by atomic mass is 127. The van der Waals surface area contributed by atoms with Crippen LogP contribution in [0.3, 0.4) is 0 Å². The van der Waals surface area contributed by atoms with E-state index in [0.29, 0.717) is 0 Å². The zero-order valence-electron chi connectivity index (χ0n) is 7.48. The van der Waals surface area contributed by atoms with Gasteiger partial charge in [-0.1, -0.05) is 41.9 Å². The van der Waals surface area contributed by atoms with E-state index in [2.05, 4.69) is 28.7 Å². The molecule has 0 heterocycles. The van der Waals surface area contributed by atoms with Crippen molar-refractivity contribution in [1.82, 2.24) is 0 Å². The van der Waals surface area contributed by atoms with E-state index in [1.54, 1.807) is 0 Å². The van der Waals surface area contributed by atoms with Gasteiger partial charge in [-0.3, -0.25) is 0 Å². The second-order valence-corrected chi connectivity index (χ2v) is 4.82. The highest BCUT2D eigenvalue weighted by molar-refractivity contribution is 14.1. The highest BCUT2D eigenvalue weighted by Gasteiger charge is 2.30. The van der Waals surface area contributed by atoms with Crippen molar-refractivity contribution in [2.24, 2.45) is 5.41 Å². The van der Waals surface area contributed by atoms with Crippen LogP contribution in [-0.4, -0.2) is 4.43 Å². The molecule has 1 aliphatic carbocycles. The molecule has 0 radical (unpaired) electrons. The first-order valence-electron chi connectivity index (χ1n) is 4.80. The summed E-state index contributed by atoms with van der Waals surface area (Å²) in [5.41, 5.74) is 0.0728. The minimum absolute atomic E-state index is 0.0728. The molecule has 0 spiro atoms. The van der Waals surface area contributed by atoms with Crippen LogP contribution in [0.2, 0.25) is 0 Å². The van der Waals surface area contributed by atoms with Crippen molar-refractivity contribution in [2.45, 2.75) is 44.9 Å². The van der Waals surface area contributed by atoms with Crippen LogP contribution in [0.1, 0.15) is 44.9 Å². The highest BCUT2D eigenvalue weighted by Crippen LogP contribution is 2.39. The Labute approximate surface area is 88.7 Å². The van der Waals surface area contributed by atoms with Crippen LogP contribution in [0.25, 0.3) is 0 Å². The standard InChI is InChI=1S/C10H16IN/c11-8-4-7-10(9-12)5-2-1-3-6-10/h1-8H2. The molecule has 1 rings (SSSR count). The van der Waals surface area contributed by atoms with Gasteiger partial charge in [0.1, 0.15) is 0 Å². The van der Waals surface area contributed by atoms with Gasteiger partial charge >= 0.3 is 0 Å². The molecule has 0 aliphatic heterocycles. The molecule has 1 fully saturated rings. The van der Waals surface area contributed by atoms with Gasteiger partial charge in [0.15, 0.2) is 0 Å². The van der Waals surface area contributed by atoms with E-state index in [-0.39, 0.29) is 5.41 Å². The average molecular weight is 277 g/mol.